The van der Waals surface area contributed by atoms with E-state index < -0.39 is 0 Å². The van der Waals surface area contributed by atoms with Crippen molar-refractivity contribution in [3.63, 3.8) is 0 Å². The summed E-state index contributed by atoms with van der Waals surface area (Å²) in [6.07, 6.45) is 4.78. The minimum Gasteiger partial charge on any atom is -0.397 e. The number of hydrogen-bond donors (Lipinski definition) is 3. The number of hydrogen-bond acceptors (Lipinski definition) is 4. The molecule has 4 N–H and O–H groups in total. The molecule has 2 aromatic rings. The Morgan fingerprint density at radius 2 is 1.96 bits per heavy atom. The molecule has 0 aliphatic carbocycles. The normalized spacial score (nSPS) is 11.8. The monoisotopic (exact) mass is 368 g/mol. The molecule has 5 heteroatoms. The van der Waals surface area contributed by atoms with Crippen LogP contribution in [0.5, 0.6) is 0 Å². The topological polar surface area (TPSA) is 74.8 Å². The molecule has 1 unspecified atom stereocenters. The van der Waals surface area contributed by atoms with Gasteiger partial charge in [0.25, 0.3) is 0 Å². The Morgan fingerprint density at radius 1 is 1.26 bits per heavy atom. The highest BCUT2D eigenvalue weighted by Crippen LogP contribution is 2.13. The SMILES string of the molecule is C=Cc1ccc(N)c(C(=N)/C=C/c2cccc(F)c2)n1.CNC(C)C(C)C. The maximum atomic E-state index is 13.0. The Morgan fingerprint density at radius 3 is 2.48 bits per heavy atom. The molecule has 0 bridgehead atoms. The molecule has 1 atom stereocenters. The van der Waals surface area contributed by atoms with Crippen molar-refractivity contribution < 1.29 is 4.39 Å². The zero-order valence-corrected chi connectivity index (χ0v) is 16.5. The smallest absolute Gasteiger partial charge is 0.123 e. The Balaban J connectivity index is 0.000000445. The zero-order valence-electron chi connectivity index (χ0n) is 16.5. The summed E-state index contributed by atoms with van der Waals surface area (Å²) < 4.78 is 13.0. The number of nitrogens with two attached hydrogens (primary N) is 1. The van der Waals surface area contributed by atoms with Gasteiger partial charge in [-0.2, -0.15) is 0 Å². The van der Waals surface area contributed by atoms with Crippen molar-refractivity contribution in [3.05, 3.63) is 71.8 Å². The molecular weight excluding hydrogens is 339 g/mol. The van der Waals surface area contributed by atoms with Gasteiger partial charge in [0, 0.05) is 6.04 Å². The Hall–Kier alpha value is -2.79. The minimum atomic E-state index is -0.315. The van der Waals surface area contributed by atoms with Crippen LogP contribution in [0.2, 0.25) is 0 Å². The third kappa shape index (κ3) is 7.54. The number of pyridine rings is 1. The second-order valence-electron chi connectivity index (χ2n) is 6.50. The summed E-state index contributed by atoms with van der Waals surface area (Å²) in [5, 5.41) is 11.2. The molecule has 0 fully saturated rings. The van der Waals surface area contributed by atoms with E-state index in [-0.39, 0.29) is 11.5 Å². The fourth-order valence-electron chi connectivity index (χ4n) is 2.02. The van der Waals surface area contributed by atoms with Crippen molar-refractivity contribution in [2.45, 2.75) is 26.8 Å². The molecule has 2 rings (SSSR count). The van der Waals surface area contributed by atoms with Gasteiger partial charge in [0.05, 0.1) is 17.1 Å². The number of benzene rings is 1. The van der Waals surface area contributed by atoms with E-state index in [1.165, 1.54) is 12.1 Å². The van der Waals surface area contributed by atoms with E-state index in [4.69, 9.17) is 11.1 Å². The number of aromatic nitrogens is 1. The number of allylic oxidation sites excluding steroid dienone is 1. The average Bonchev–Trinajstić information content (AvgIpc) is 2.66. The highest BCUT2D eigenvalue weighted by molar-refractivity contribution is 6.10. The molecule has 1 aromatic carbocycles. The molecule has 144 valence electrons. The second-order valence-corrected chi connectivity index (χ2v) is 6.50. The fourth-order valence-corrected chi connectivity index (χ4v) is 2.02. The summed E-state index contributed by atoms with van der Waals surface area (Å²) in [6.45, 7) is 10.2. The summed E-state index contributed by atoms with van der Waals surface area (Å²) >= 11 is 0. The van der Waals surface area contributed by atoms with Crippen molar-refractivity contribution >= 4 is 23.6 Å². The van der Waals surface area contributed by atoms with E-state index in [9.17, 15) is 4.39 Å². The summed E-state index contributed by atoms with van der Waals surface area (Å²) in [7, 11) is 1.99. The van der Waals surface area contributed by atoms with Crippen LogP contribution in [0.3, 0.4) is 0 Å². The van der Waals surface area contributed by atoms with Gasteiger partial charge < -0.3 is 11.1 Å². The molecule has 0 amide bonds. The molecular formula is C22H29FN4. The molecule has 4 nitrogen and oxygen atoms in total. The standard InChI is InChI=1S/C16H14FN3.C6H15N/c1-2-13-7-9-15(19)16(20-13)14(18)8-6-11-4-3-5-12(17)10-11;1-5(2)6(3)7-4/h2-10,18H,1,19H2;5-7H,1-4H3/b8-6+,18-14?;. The van der Waals surface area contributed by atoms with Crippen LogP contribution in [-0.4, -0.2) is 23.8 Å². The van der Waals surface area contributed by atoms with Crippen LogP contribution in [0.4, 0.5) is 10.1 Å². The number of nitrogens with zero attached hydrogens (tertiary/aromatic N) is 1. The maximum absolute atomic E-state index is 13.0. The first-order valence-electron chi connectivity index (χ1n) is 8.87. The molecule has 0 aliphatic heterocycles. The van der Waals surface area contributed by atoms with E-state index in [1.54, 1.807) is 42.5 Å². The van der Waals surface area contributed by atoms with Crippen molar-refractivity contribution in [1.29, 1.82) is 5.41 Å². The predicted molar refractivity (Wildman–Crippen MR) is 114 cm³/mol. The number of halogens is 1. The number of nitrogen functional groups attached to an aromatic ring is 1. The number of anilines is 1. The predicted octanol–water partition coefficient (Wildman–Crippen LogP) is 4.78. The summed E-state index contributed by atoms with van der Waals surface area (Å²) in [5.74, 6) is 0.440. The minimum absolute atomic E-state index is 0.162. The lowest BCUT2D eigenvalue weighted by atomic mass is 10.1. The van der Waals surface area contributed by atoms with Gasteiger partial charge in [0.1, 0.15) is 11.5 Å². The van der Waals surface area contributed by atoms with E-state index >= 15 is 0 Å². The Kier molecular flexibility index (Phi) is 9.09. The van der Waals surface area contributed by atoms with Gasteiger partial charge in [-0.15, -0.1) is 0 Å². The third-order valence-corrected chi connectivity index (χ3v) is 4.16. The van der Waals surface area contributed by atoms with E-state index in [0.717, 1.165) is 5.92 Å². The van der Waals surface area contributed by atoms with Crippen LogP contribution in [-0.2, 0) is 0 Å². The first-order chi connectivity index (χ1) is 12.8. The van der Waals surface area contributed by atoms with Crippen molar-refractivity contribution in [2.24, 2.45) is 5.92 Å². The molecule has 27 heavy (non-hydrogen) atoms. The summed E-state index contributed by atoms with van der Waals surface area (Å²) in [6, 6.07) is 10.2. The van der Waals surface area contributed by atoms with Gasteiger partial charge in [-0.25, -0.2) is 9.37 Å². The Bertz CT molecular complexity index is 797. The van der Waals surface area contributed by atoms with Gasteiger partial charge in [0.15, 0.2) is 0 Å². The van der Waals surface area contributed by atoms with Crippen LogP contribution < -0.4 is 11.1 Å². The highest BCUT2D eigenvalue weighted by Gasteiger charge is 2.05. The zero-order chi connectivity index (χ0) is 20.4. The first-order valence-corrected chi connectivity index (χ1v) is 8.87. The van der Waals surface area contributed by atoms with E-state index in [1.807, 2.05) is 7.05 Å². The largest absolute Gasteiger partial charge is 0.397 e. The van der Waals surface area contributed by atoms with Crippen LogP contribution >= 0.6 is 0 Å². The van der Waals surface area contributed by atoms with Gasteiger partial charge in [0.2, 0.25) is 0 Å². The van der Waals surface area contributed by atoms with E-state index in [0.29, 0.717) is 28.7 Å². The maximum Gasteiger partial charge on any atom is 0.123 e. The van der Waals surface area contributed by atoms with Crippen LogP contribution in [0.15, 0.2) is 49.1 Å². The van der Waals surface area contributed by atoms with Gasteiger partial charge in [-0.05, 0) is 61.9 Å². The van der Waals surface area contributed by atoms with Gasteiger partial charge in [-0.3, -0.25) is 5.41 Å². The lowest BCUT2D eigenvalue weighted by molar-refractivity contribution is 0.459. The molecule has 0 radical (unpaired) electrons. The molecule has 0 saturated heterocycles. The quantitative estimate of drug-likeness (QED) is 0.643. The lowest BCUT2D eigenvalue weighted by Crippen LogP contribution is -2.26. The van der Waals surface area contributed by atoms with Crippen molar-refractivity contribution in [2.75, 3.05) is 12.8 Å². The van der Waals surface area contributed by atoms with Crippen molar-refractivity contribution in [3.8, 4) is 0 Å². The first kappa shape index (κ1) is 22.3. The summed E-state index contributed by atoms with van der Waals surface area (Å²) in [5.41, 5.74) is 8.10. The van der Waals surface area contributed by atoms with Crippen LogP contribution in [0.1, 0.15) is 37.7 Å². The molecule has 1 heterocycles. The van der Waals surface area contributed by atoms with E-state index in [2.05, 4.69) is 37.7 Å². The van der Waals surface area contributed by atoms with Crippen LogP contribution in [0, 0.1) is 17.1 Å². The van der Waals surface area contributed by atoms with Crippen molar-refractivity contribution in [1.82, 2.24) is 10.3 Å². The molecule has 0 spiro atoms. The average molecular weight is 369 g/mol. The lowest BCUT2D eigenvalue weighted by Gasteiger charge is -2.12. The van der Waals surface area contributed by atoms with Gasteiger partial charge >= 0.3 is 0 Å². The Labute approximate surface area is 161 Å². The van der Waals surface area contributed by atoms with Crippen LogP contribution in [0.25, 0.3) is 12.2 Å². The second kappa shape index (κ2) is 11.0. The van der Waals surface area contributed by atoms with Gasteiger partial charge in [-0.1, -0.05) is 38.6 Å². The number of rotatable bonds is 6. The molecule has 0 aliphatic rings. The third-order valence-electron chi connectivity index (χ3n) is 4.16. The fraction of sp³-hybridized carbons (Fsp3) is 0.273. The number of nitrogens with one attached hydrogen (secondary N) is 2. The molecule has 0 saturated carbocycles. The summed E-state index contributed by atoms with van der Waals surface area (Å²) in [4.78, 5) is 4.23. The molecule has 1 aromatic heterocycles. The highest BCUT2D eigenvalue weighted by atomic mass is 19.1.